The van der Waals surface area contributed by atoms with Crippen molar-refractivity contribution in [3.8, 4) is 5.75 Å². The Balaban J connectivity index is 1.63. The van der Waals surface area contributed by atoms with Gasteiger partial charge in [0.2, 0.25) is 0 Å². The van der Waals surface area contributed by atoms with Crippen molar-refractivity contribution in [2.24, 2.45) is 0 Å². The predicted octanol–water partition coefficient (Wildman–Crippen LogP) is 7.09. The van der Waals surface area contributed by atoms with Crippen molar-refractivity contribution in [3.05, 3.63) is 103 Å². The van der Waals surface area contributed by atoms with E-state index in [1.807, 2.05) is 47.8 Å². The standard InChI is InChI=1S/C24H24OS2/c1-2-11-20-12-9-10-17-23(20)25-19-18-24(26-21-13-5-3-6-14-21)27-22-15-7-4-8-16-22/h2-10,12-17,24H,1,11,18-19H2. The molecule has 1 nitrogen and oxygen atoms in total. The Morgan fingerprint density at radius 2 is 1.33 bits per heavy atom. The Morgan fingerprint density at radius 1 is 0.778 bits per heavy atom. The molecule has 0 saturated heterocycles. The van der Waals surface area contributed by atoms with E-state index in [4.69, 9.17) is 4.74 Å². The van der Waals surface area contributed by atoms with Crippen LogP contribution in [0.15, 0.2) is 107 Å². The number of rotatable bonds is 10. The monoisotopic (exact) mass is 392 g/mol. The van der Waals surface area contributed by atoms with Crippen molar-refractivity contribution in [1.82, 2.24) is 0 Å². The first-order valence-electron chi connectivity index (χ1n) is 9.10. The fraction of sp³-hybridized carbons (Fsp3) is 0.167. The molecule has 3 aromatic carbocycles. The Labute approximate surface area is 170 Å². The van der Waals surface area contributed by atoms with Crippen molar-refractivity contribution in [3.63, 3.8) is 0 Å². The number of para-hydroxylation sites is 1. The smallest absolute Gasteiger partial charge is 0.122 e. The summed E-state index contributed by atoms with van der Waals surface area (Å²) in [7, 11) is 0. The van der Waals surface area contributed by atoms with Gasteiger partial charge in [0.25, 0.3) is 0 Å². The number of allylic oxidation sites excluding steroid dienone is 1. The largest absolute Gasteiger partial charge is 0.493 e. The van der Waals surface area contributed by atoms with Gasteiger partial charge in [-0.25, -0.2) is 0 Å². The minimum atomic E-state index is 0.390. The predicted molar refractivity (Wildman–Crippen MR) is 119 cm³/mol. The summed E-state index contributed by atoms with van der Waals surface area (Å²) in [5.74, 6) is 0.963. The van der Waals surface area contributed by atoms with Crippen LogP contribution in [0.1, 0.15) is 12.0 Å². The summed E-state index contributed by atoms with van der Waals surface area (Å²) >= 11 is 3.80. The third-order valence-corrected chi connectivity index (χ3v) is 6.63. The molecule has 0 fully saturated rings. The molecule has 0 heterocycles. The van der Waals surface area contributed by atoms with Crippen LogP contribution in [0.25, 0.3) is 0 Å². The maximum atomic E-state index is 6.12. The van der Waals surface area contributed by atoms with E-state index in [0.29, 0.717) is 11.2 Å². The molecule has 0 unspecified atom stereocenters. The fourth-order valence-electron chi connectivity index (χ4n) is 2.68. The van der Waals surface area contributed by atoms with Crippen LogP contribution in [0.5, 0.6) is 5.75 Å². The molecule has 3 rings (SSSR count). The molecule has 3 aromatic rings. The molecule has 0 N–H and O–H groups in total. The van der Waals surface area contributed by atoms with E-state index < -0.39 is 0 Å². The lowest BCUT2D eigenvalue weighted by Gasteiger charge is -2.17. The normalized spacial score (nSPS) is 10.7. The SMILES string of the molecule is C=CCc1ccccc1OCCC(Sc1ccccc1)Sc1ccccc1. The van der Waals surface area contributed by atoms with Crippen LogP contribution in [-0.4, -0.2) is 11.2 Å². The first-order valence-corrected chi connectivity index (χ1v) is 10.9. The van der Waals surface area contributed by atoms with Gasteiger partial charge in [-0.1, -0.05) is 60.7 Å². The Kier molecular flexibility index (Phi) is 7.94. The average molecular weight is 393 g/mol. The molecule has 0 radical (unpaired) electrons. The van der Waals surface area contributed by atoms with Crippen LogP contribution in [0.2, 0.25) is 0 Å². The average Bonchev–Trinajstić information content (AvgIpc) is 2.71. The highest BCUT2D eigenvalue weighted by Gasteiger charge is 2.13. The summed E-state index contributed by atoms with van der Waals surface area (Å²) in [4.78, 5) is 2.58. The number of hydrogen-bond acceptors (Lipinski definition) is 3. The third kappa shape index (κ3) is 6.53. The molecule has 0 aliphatic rings. The van der Waals surface area contributed by atoms with E-state index in [9.17, 15) is 0 Å². The maximum Gasteiger partial charge on any atom is 0.122 e. The van der Waals surface area contributed by atoms with Crippen molar-refractivity contribution in [2.75, 3.05) is 6.61 Å². The summed E-state index contributed by atoms with van der Waals surface area (Å²) < 4.78 is 6.51. The lowest BCUT2D eigenvalue weighted by molar-refractivity contribution is 0.314. The molecule has 0 spiro atoms. The molecule has 0 atom stereocenters. The molecule has 138 valence electrons. The second-order valence-corrected chi connectivity index (χ2v) is 8.88. The minimum absolute atomic E-state index is 0.390. The summed E-state index contributed by atoms with van der Waals surface area (Å²) in [5.41, 5.74) is 1.19. The van der Waals surface area contributed by atoms with Gasteiger partial charge in [-0.3, -0.25) is 0 Å². The zero-order valence-corrected chi connectivity index (χ0v) is 16.9. The van der Waals surface area contributed by atoms with Crippen LogP contribution >= 0.6 is 23.5 Å². The van der Waals surface area contributed by atoms with Gasteiger partial charge >= 0.3 is 0 Å². The highest BCUT2D eigenvalue weighted by atomic mass is 32.2. The van der Waals surface area contributed by atoms with E-state index in [0.717, 1.165) is 18.6 Å². The maximum absolute atomic E-state index is 6.12. The van der Waals surface area contributed by atoms with Gasteiger partial charge in [0.15, 0.2) is 0 Å². The molecule has 27 heavy (non-hydrogen) atoms. The van der Waals surface area contributed by atoms with E-state index in [2.05, 4.69) is 73.3 Å². The molecule has 0 bridgehead atoms. The second kappa shape index (κ2) is 10.9. The molecule has 0 aromatic heterocycles. The number of ether oxygens (including phenoxy) is 1. The van der Waals surface area contributed by atoms with Crippen LogP contribution < -0.4 is 4.74 Å². The van der Waals surface area contributed by atoms with Crippen molar-refractivity contribution >= 4 is 23.5 Å². The molecular formula is C24H24OS2. The summed E-state index contributed by atoms with van der Waals surface area (Å²) in [5, 5.41) is 0. The lowest BCUT2D eigenvalue weighted by Crippen LogP contribution is -2.07. The van der Waals surface area contributed by atoms with Crippen LogP contribution in [0, 0.1) is 0 Å². The van der Waals surface area contributed by atoms with Gasteiger partial charge in [-0.05, 0) is 42.3 Å². The fourth-order valence-corrected chi connectivity index (χ4v) is 5.20. The molecule has 3 heteroatoms. The van der Waals surface area contributed by atoms with Crippen molar-refractivity contribution < 1.29 is 4.74 Å². The molecular weight excluding hydrogens is 368 g/mol. The third-order valence-electron chi connectivity index (χ3n) is 3.97. The molecule has 0 aliphatic carbocycles. The second-order valence-electron chi connectivity index (χ2n) is 6.03. The van der Waals surface area contributed by atoms with E-state index in [1.54, 1.807) is 0 Å². The highest BCUT2D eigenvalue weighted by molar-refractivity contribution is 8.17. The van der Waals surface area contributed by atoms with Gasteiger partial charge in [-0.2, -0.15) is 0 Å². The zero-order valence-electron chi connectivity index (χ0n) is 15.3. The first-order chi connectivity index (χ1) is 13.3. The highest BCUT2D eigenvalue weighted by Crippen LogP contribution is 2.37. The lowest BCUT2D eigenvalue weighted by atomic mass is 10.1. The Hall–Kier alpha value is -2.10. The zero-order chi connectivity index (χ0) is 18.7. The van der Waals surface area contributed by atoms with Crippen LogP contribution in [0.4, 0.5) is 0 Å². The summed E-state index contributed by atoms with van der Waals surface area (Å²) in [6, 6.07) is 29.4. The van der Waals surface area contributed by atoms with Gasteiger partial charge < -0.3 is 4.74 Å². The van der Waals surface area contributed by atoms with Gasteiger partial charge in [-0.15, -0.1) is 30.1 Å². The number of thioether (sulfide) groups is 2. The van der Waals surface area contributed by atoms with Crippen molar-refractivity contribution in [2.45, 2.75) is 27.2 Å². The quantitative estimate of drug-likeness (QED) is 0.207. The van der Waals surface area contributed by atoms with Crippen molar-refractivity contribution in [1.29, 1.82) is 0 Å². The molecule has 0 aliphatic heterocycles. The van der Waals surface area contributed by atoms with Gasteiger partial charge in [0, 0.05) is 16.2 Å². The Morgan fingerprint density at radius 3 is 1.93 bits per heavy atom. The van der Waals surface area contributed by atoms with E-state index >= 15 is 0 Å². The van der Waals surface area contributed by atoms with Gasteiger partial charge in [0.1, 0.15) is 5.75 Å². The first kappa shape index (κ1) is 19.7. The van der Waals surface area contributed by atoms with Crippen LogP contribution in [-0.2, 0) is 6.42 Å². The molecule has 0 saturated carbocycles. The van der Waals surface area contributed by atoms with E-state index in [1.165, 1.54) is 15.4 Å². The minimum Gasteiger partial charge on any atom is -0.493 e. The van der Waals surface area contributed by atoms with Crippen LogP contribution in [0.3, 0.4) is 0 Å². The summed E-state index contributed by atoms with van der Waals surface area (Å²) in [6.45, 7) is 4.53. The number of benzene rings is 3. The van der Waals surface area contributed by atoms with E-state index in [-0.39, 0.29) is 0 Å². The number of hydrogen-bond donors (Lipinski definition) is 0. The Bertz CT molecular complexity index is 777. The molecule has 0 amide bonds. The topological polar surface area (TPSA) is 9.23 Å². The summed E-state index contributed by atoms with van der Waals surface area (Å²) in [6.07, 6.45) is 3.71. The van der Waals surface area contributed by atoms with Gasteiger partial charge in [0.05, 0.1) is 11.2 Å².